The molecule has 0 N–H and O–H groups in total. The molecule has 0 aromatic heterocycles. The van der Waals surface area contributed by atoms with E-state index in [9.17, 15) is 14.0 Å². The first-order valence-electron chi connectivity index (χ1n) is 14.8. The zero-order valence-corrected chi connectivity index (χ0v) is 24.5. The third-order valence-electron chi connectivity index (χ3n) is 9.01. The van der Waals surface area contributed by atoms with Crippen LogP contribution < -0.4 is 0 Å². The highest BCUT2D eigenvalue weighted by atomic mass is 19.1. The van der Waals surface area contributed by atoms with E-state index in [1.54, 1.807) is 0 Å². The number of hydrogen-bond donors (Lipinski definition) is 0. The SMILES string of the molecule is CN(C)C(CCc1ccccc1)C1CCC(C=O)CC1.CN(C)C(c1ccc(F)cc1)C1CCC(C=O)CC1. The fraction of sp³-hybridized carbons (Fsp3) is 0.588. The molecule has 2 atom stereocenters. The fourth-order valence-electron chi connectivity index (χ4n) is 6.79. The number of carbonyl (C=O) groups is 2. The number of halogens is 1. The van der Waals surface area contributed by atoms with Crippen LogP contribution in [0.25, 0.3) is 0 Å². The molecule has 0 saturated heterocycles. The van der Waals surface area contributed by atoms with Crippen LogP contribution in [-0.4, -0.2) is 56.6 Å². The van der Waals surface area contributed by atoms with Crippen LogP contribution in [0.2, 0.25) is 0 Å². The number of aldehydes is 2. The lowest BCUT2D eigenvalue weighted by molar-refractivity contribution is -0.113. The van der Waals surface area contributed by atoms with Crippen molar-refractivity contribution in [2.24, 2.45) is 23.7 Å². The quantitative estimate of drug-likeness (QED) is 0.307. The number of benzene rings is 2. The van der Waals surface area contributed by atoms with E-state index in [1.165, 1.54) is 42.5 Å². The summed E-state index contributed by atoms with van der Waals surface area (Å²) in [6.07, 6.45) is 13.3. The predicted octanol–water partition coefficient (Wildman–Crippen LogP) is 6.99. The van der Waals surface area contributed by atoms with E-state index < -0.39 is 0 Å². The monoisotopic (exact) mass is 536 g/mol. The van der Waals surface area contributed by atoms with Crippen molar-refractivity contribution < 1.29 is 14.0 Å². The van der Waals surface area contributed by atoms with Crippen LogP contribution in [0.1, 0.15) is 75.0 Å². The highest BCUT2D eigenvalue weighted by Crippen LogP contribution is 2.39. The van der Waals surface area contributed by atoms with Crippen molar-refractivity contribution in [2.45, 2.75) is 76.3 Å². The van der Waals surface area contributed by atoms with Crippen LogP contribution in [0, 0.1) is 29.5 Å². The first-order chi connectivity index (χ1) is 18.8. The van der Waals surface area contributed by atoms with E-state index in [2.05, 4.69) is 68.3 Å². The highest BCUT2D eigenvalue weighted by Gasteiger charge is 2.30. The molecule has 0 aliphatic heterocycles. The van der Waals surface area contributed by atoms with Crippen LogP contribution in [0.3, 0.4) is 0 Å². The first kappa shape index (κ1) is 31.2. The van der Waals surface area contributed by atoms with E-state index in [0.717, 1.165) is 63.4 Å². The van der Waals surface area contributed by atoms with Crippen LogP contribution in [-0.2, 0) is 16.0 Å². The van der Waals surface area contributed by atoms with Gasteiger partial charge in [-0.25, -0.2) is 4.39 Å². The number of rotatable bonds is 10. The molecule has 2 saturated carbocycles. The Hall–Kier alpha value is -2.37. The molecular weight excluding hydrogens is 487 g/mol. The van der Waals surface area contributed by atoms with Gasteiger partial charge in [0.1, 0.15) is 18.4 Å². The normalized spacial score (nSPS) is 24.9. The lowest BCUT2D eigenvalue weighted by Gasteiger charge is -2.36. The summed E-state index contributed by atoms with van der Waals surface area (Å²) >= 11 is 0. The largest absolute Gasteiger partial charge is 0.306 e. The number of aryl methyl sites for hydroxylation is 1. The Morgan fingerprint density at radius 3 is 1.69 bits per heavy atom. The van der Waals surface area contributed by atoms with Crippen LogP contribution >= 0.6 is 0 Å². The fourth-order valence-corrected chi connectivity index (χ4v) is 6.79. The number of hydrogen-bond acceptors (Lipinski definition) is 4. The Balaban J connectivity index is 0.000000216. The summed E-state index contributed by atoms with van der Waals surface area (Å²) in [6, 6.07) is 18.5. The Morgan fingerprint density at radius 1 is 0.718 bits per heavy atom. The molecule has 0 heterocycles. The zero-order chi connectivity index (χ0) is 28.2. The molecule has 4 rings (SSSR count). The van der Waals surface area contributed by atoms with Gasteiger partial charge in [0, 0.05) is 23.9 Å². The van der Waals surface area contributed by atoms with Gasteiger partial charge in [0.2, 0.25) is 0 Å². The van der Waals surface area contributed by atoms with E-state index in [-0.39, 0.29) is 11.7 Å². The topological polar surface area (TPSA) is 40.6 Å². The van der Waals surface area contributed by atoms with Crippen molar-refractivity contribution in [3.05, 3.63) is 71.5 Å². The van der Waals surface area contributed by atoms with E-state index in [0.29, 0.717) is 23.9 Å². The van der Waals surface area contributed by atoms with Gasteiger partial charge in [0.05, 0.1) is 0 Å². The number of nitrogens with zero attached hydrogens (tertiary/aromatic N) is 2. The van der Waals surface area contributed by atoms with Crippen molar-refractivity contribution >= 4 is 12.6 Å². The van der Waals surface area contributed by atoms with Gasteiger partial charge in [-0.05, 0) is 127 Å². The molecule has 5 heteroatoms. The Bertz CT molecular complexity index is 962. The van der Waals surface area contributed by atoms with Gasteiger partial charge in [0.15, 0.2) is 0 Å². The molecule has 2 unspecified atom stereocenters. The van der Waals surface area contributed by atoms with Gasteiger partial charge in [-0.15, -0.1) is 0 Å². The average molecular weight is 537 g/mol. The van der Waals surface area contributed by atoms with Gasteiger partial charge < -0.3 is 19.4 Å². The summed E-state index contributed by atoms with van der Waals surface area (Å²) in [5.74, 6) is 1.68. The lowest BCUT2D eigenvalue weighted by atomic mass is 9.77. The number of carbonyl (C=O) groups excluding carboxylic acids is 2. The summed E-state index contributed by atoms with van der Waals surface area (Å²) < 4.78 is 13.0. The Kier molecular flexibility index (Phi) is 12.8. The molecule has 0 radical (unpaired) electrons. The lowest BCUT2D eigenvalue weighted by Crippen LogP contribution is -2.37. The predicted molar refractivity (Wildman–Crippen MR) is 158 cm³/mol. The van der Waals surface area contributed by atoms with Crippen molar-refractivity contribution in [1.82, 2.24) is 9.80 Å². The molecule has 0 bridgehead atoms. The van der Waals surface area contributed by atoms with E-state index in [4.69, 9.17) is 0 Å². The third-order valence-corrected chi connectivity index (χ3v) is 9.01. The average Bonchev–Trinajstić information content (AvgIpc) is 2.95. The molecule has 39 heavy (non-hydrogen) atoms. The van der Waals surface area contributed by atoms with Gasteiger partial charge in [-0.2, -0.15) is 0 Å². The second-order valence-corrected chi connectivity index (χ2v) is 12.1. The van der Waals surface area contributed by atoms with Crippen molar-refractivity contribution in [1.29, 1.82) is 0 Å². The van der Waals surface area contributed by atoms with Crippen LogP contribution in [0.15, 0.2) is 54.6 Å². The summed E-state index contributed by atoms with van der Waals surface area (Å²) in [5.41, 5.74) is 2.60. The molecular formula is C34H49FN2O2. The summed E-state index contributed by atoms with van der Waals surface area (Å²) in [6.45, 7) is 0. The maximum atomic E-state index is 13.0. The smallest absolute Gasteiger partial charge is 0.123 e. The second-order valence-electron chi connectivity index (χ2n) is 12.1. The summed E-state index contributed by atoms with van der Waals surface area (Å²) in [5, 5.41) is 0. The van der Waals surface area contributed by atoms with Gasteiger partial charge in [-0.3, -0.25) is 0 Å². The Labute approximate surface area is 236 Å². The molecule has 2 fully saturated rings. The maximum absolute atomic E-state index is 13.0. The highest BCUT2D eigenvalue weighted by molar-refractivity contribution is 5.53. The molecule has 0 spiro atoms. The minimum absolute atomic E-state index is 0.189. The van der Waals surface area contributed by atoms with E-state index in [1.807, 2.05) is 12.1 Å². The second kappa shape index (κ2) is 16.0. The molecule has 214 valence electrons. The van der Waals surface area contributed by atoms with Crippen molar-refractivity contribution in [2.75, 3.05) is 28.2 Å². The minimum Gasteiger partial charge on any atom is -0.306 e. The van der Waals surface area contributed by atoms with Crippen molar-refractivity contribution in [3.63, 3.8) is 0 Å². The first-order valence-corrected chi connectivity index (χ1v) is 14.8. The van der Waals surface area contributed by atoms with Gasteiger partial charge in [-0.1, -0.05) is 42.5 Å². The zero-order valence-electron chi connectivity index (χ0n) is 24.5. The van der Waals surface area contributed by atoms with Crippen LogP contribution in [0.4, 0.5) is 4.39 Å². The molecule has 2 aliphatic carbocycles. The minimum atomic E-state index is -0.189. The molecule has 2 aromatic rings. The molecule has 2 aliphatic rings. The standard InChI is InChI=1S/C18H27NO.C16H22FNO/c1-19(2)18(13-10-15-6-4-3-5-7-15)17-11-8-16(14-20)9-12-17;1-18(2)16(14-7-9-15(17)10-8-14)13-5-3-12(11-19)4-6-13/h3-7,14,16-18H,8-13H2,1-2H3;7-13,16H,3-6H2,1-2H3. The Morgan fingerprint density at radius 2 is 1.23 bits per heavy atom. The molecule has 0 amide bonds. The van der Waals surface area contributed by atoms with E-state index >= 15 is 0 Å². The molecule has 2 aromatic carbocycles. The van der Waals surface area contributed by atoms with Gasteiger partial charge >= 0.3 is 0 Å². The third kappa shape index (κ3) is 9.65. The maximum Gasteiger partial charge on any atom is 0.123 e. The molecule has 4 nitrogen and oxygen atoms in total. The van der Waals surface area contributed by atoms with Crippen molar-refractivity contribution in [3.8, 4) is 0 Å². The van der Waals surface area contributed by atoms with Gasteiger partial charge in [0.25, 0.3) is 0 Å². The van der Waals surface area contributed by atoms with Crippen LogP contribution in [0.5, 0.6) is 0 Å². The summed E-state index contributed by atoms with van der Waals surface area (Å²) in [4.78, 5) is 26.3. The summed E-state index contributed by atoms with van der Waals surface area (Å²) in [7, 11) is 8.53.